The summed E-state index contributed by atoms with van der Waals surface area (Å²) < 4.78 is 28.1. The number of alkyl halides is 1. The molecule has 1 aromatic rings. The second-order valence-corrected chi connectivity index (χ2v) is 12.4. The molecule has 1 aromatic carbocycles. The minimum Gasteiger partial charge on any atom is -0.393 e. The van der Waals surface area contributed by atoms with E-state index in [1.807, 2.05) is 19.1 Å². The summed E-state index contributed by atoms with van der Waals surface area (Å²) in [6, 6.07) is 7.04. The van der Waals surface area contributed by atoms with Crippen LogP contribution in [0.4, 0.5) is 0 Å². The smallest absolute Gasteiger partial charge is 0.243 e. The molecule has 4 aliphatic carbocycles. The molecule has 5 fully saturated rings. The van der Waals surface area contributed by atoms with Gasteiger partial charge >= 0.3 is 0 Å². The lowest BCUT2D eigenvalue weighted by molar-refractivity contribution is -0.0829. The highest BCUT2D eigenvalue weighted by atomic mass is 35.5. The SMILES string of the molecule is Cc1ccc(S(=O)(=O)N2CC[C@H](O)[C@@H](C3(Cl)C4CC5CC(C4)CC3C5)C2)cc1. The summed E-state index contributed by atoms with van der Waals surface area (Å²) in [4.78, 5) is -0.115. The molecule has 2 atom stereocenters. The first-order valence-electron chi connectivity index (χ1n) is 10.7. The molecule has 0 radical (unpaired) electrons. The number of aliphatic hydroxyl groups excluding tert-OH is 1. The number of rotatable bonds is 3. The molecule has 0 amide bonds. The third-order valence-electron chi connectivity index (χ3n) is 8.16. The maximum atomic E-state index is 13.2. The van der Waals surface area contributed by atoms with Gasteiger partial charge in [0.15, 0.2) is 0 Å². The van der Waals surface area contributed by atoms with Gasteiger partial charge in [0.2, 0.25) is 10.0 Å². The Morgan fingerprint density at radius 2 is 1.61 bits per heavy atom. The fourth-order valence-corrected chi connectivity index (χ4v) is 8.99. The third kappa shape index (κ3) is 2.88. The maximum absolute atomic E-state index is 13.2. The fourth-order valence-electron chi connectivity index (χ4n) is 6.93. The van der Waals surface area contributed by atoms with Crippen molar-refractivity contribution in [3.05, 3.63) is 29.8 Å². The van der Waals surface area contributed by atoms with E-state index in [1.54, 1.807) is 16.4 Å². The van der Waals surface area contributed by atoms with Gasteiger partial charge in [0, 0.05) is 19.0 Å². The highest BCUT2D eigenvalue weighted by Crippen LogP contribution is 2.64. The lowest BCUT2D eigenvalue weighted by Gasteiger charge is -2.62. The first kappa shape index (κ1) is 19.3. The zero-order valence-electron chi connectivity index (χ0n) is 16.4. The van der Waals surface area contributed by atoms with Crippen molar-refractivity contribution in [2.45, 2.75) is 61.3 Å². The average molecular weight is 424 g/mol. The van der Waals surface area contributed by atoms with Crippen LogP contribution in [0.25, 0.3) is 0 Å². The van der Waals surface area contributed by atoms with Gasteiger partial charge in [0.05, 0.1) is 15.9 Å². The molecule has 0 aromatic heterocycles. The summed E-state index contributed by atoms with van der Waals surface area (Å²) >= 11 is 7.40. The lowest BCUT2D eigenvalue weighted by Crippen LogP contribution is -2.64. The normalized spacial score (nSPS) is 43.4. The molecule has 0 spiro atoms. The molecule has 6 rings (SSSR count). The molecule has 0 unspecified atom stereocenters. The van der Waals surface area contributed by atoms with E-state index >= 15 is 0 Å². The maximum Gasteiger partial charge on any atom is 0.243 e. The Morgan fingerprint density at radius 3 is 2.18 bits per heavy atom. The minimum atomic E-state index is -3.56. The Balaban J connectivity index is 1.44. The van der Waals surface area contributed by atoms with Gasteiger partial charge in [0.1, 0.15) is 0 Å². The first-order chi connectivity index (χ1) is 13.3. The molecule has 6 heteroatoms. The van der Waals surface area contributed by atoms with E-state index in [-0.39, 0.29) is 5.92 Å². The van der Waals surface area contributed by atoms with Gasteiger partial charge in [-0.15, -0.1) is 11.6 Å². The molecule has 1 heterocycles. The summed E-state index contributed by atoms with van der Waals surface area (Å²) in [5.41, 5.74) is 1.04. The van der Waals surface area contributed by atoms with Crippen LogP contribution in [0.3, 0.4) is 0 Å². The van der Waals surface area contributed by atoms with Gasteiger partial charge in [-0.3, -0.25) is 0 Å². The van der Waals surface area contributed by atoms with Crippen LogP contribution in [0.5, 0.6) is 0 Å². The van der Waals surface area contributed by atoms with Crippen molar-refractivity contribution in [1.82, 2.24) is 4.31 Å². The van der Waals surface area contributed by atoms with E-state index in [9.17, 15) is 13.5 Å². The quantitative estimate of drug-likeness (QED) is 0.752. The highest BCUT2D eigenvalue weighted by Gasteiger charge is 2.61. The number of hydrogen-bond donors (Lipinski definition) is 1. The molecule has 1 aliphatic heterocycles. The van der Waals surface area contributed by atoms with Crippen LogP contribution in [0.15, 0.2) is 29.2 Å². The Bertz CT molecular complexity index is 825. The predicted octanol–water partition coefficient (Wildman–Crippen LogP) is 3.80. The van der Waals surface area contributed by atoms with E-state index in [2.05, 4.69) is 0 Å². The summed E-state index contributed by atoms with van der Waals surface area (Å²) in [6.45, 7) is 2.65. The molecular weight excluding hydrogens is 394 g/mol. The molecule has 154 valence electrons. The van der Waals surface area contributed by atoms with E-state index in [4.69, 9.17) is 11.6 Å². The van der Waals surface area contributed by atoms with E-state index in [0.717, 1.165) is 43.1 Å². The topological polar surface area (TPSA) is 57.6 Å². The van der Waals surface area contributed by atoms with E-state index in [0.29, 0.717) is 36.2 Å². The summed E-state index contributed by atoms with van der Waals surface area (Å²) in [5.74, 6) is 2.25. The zero-order valence-corrected chi connectivity index (χ0v) is 18.0. The molecule has 5 aliphatic rings. The number of aliphatic hydroxyl groups is 1. The Kier molecular flexibility index (Phi) is 4.63. The Morgan fingerprint density at radius 1 is 1.04 bits per heavy atom. The predicted molar refractivity (Wildman–Crippen MR) is 110 cm³/mol. The van der Waals surface area contributed by atoms with Crippen LogP contribution in [-0.4, -0.2) is 41.9 Å². The zero-order chi connectivity index (χ0) is 19.7. The molecule has 4 nitrogen and oxygen atoms in total. The van der Waals surface area contributed by atoms with Crippen molar-refractivity contribution >= 4 is 21.6 Å². The monoisotopic (exact) mass is 423 g/mol. The van der Waals surface area contributed by atoms with Crippen molar-refractivity contribution in [1.29, 1.82) is 0 Å². The van der Waals surface area contributed by atoms with Gasteiger partial charge in [-0.05, 0) is 81.3 Å². The van der Waals surface area contributed by atoms with Crippen molar-refractivity contribution < 1.29 is 13.5 Å². The summed E-state index contributed by atoms with van der Waals surface area (Å²) in [6.07, 6.45) is 5.93. The van der Waals surface area contributed by atoms with Gasteiger partial charge in [-0.1, -0.05) is 17.7 Å². The minimum absolute atomic E-state index is 0.182. The van der Waals surface area contributed by atoms with Crippen molar-refractivity contribution in [2.75, 3.05) is 13.1 Å². The van der Waals surface area contributed by atoms with Crippen LogP contribution in [0.2, 0.25) is 0 Å². The van der Waals surface area contributed by atoms with Crippen LogP contribution in [0, 0.1) is 36.5 Å². The van der Waals surface area contributed by atoms with Crippen LogP contribution >= 0.6 is 11.6 Å². The van der Waals surface area contributed by atoms with Crippen molar-refractivity contribution in [3.63, 3.8) is 0 Å². The highest BCUT2D eigenvalue weighted by molar-refractivity contribution is 7.89. The standard InChI is InChI=1S/C22H30ClNO3S/c1-14-2-4-19(5-3-14)28(26,27)24-7-6-21(25)20(13-24)22(23)17-9-15-8-16(11-17)12-18(22)10-15/h2-5,15-18,20-21,25H,6-13H2,1H3/t15?,16?,17?,18?,20-,21-,22?/m0/s1. The third-order valence-corrected chi connectivity index (χ3v) is 10.9. The van der Waals surface area contributed by atoms with E-state index in [1.165, 1.54) is 6.42 Å². The lowest BCUT2D eigenvalue weighted by atomic mass is 9.48. The van der Waals surface area contributed by atoms with Crippen LogP contribution in [0.1, 0.15) is 44.1 Å². The Labute approximate surface area is 173 Å². The van der Waals surface area contributed by atoms with Gasteiger partial charge in [-0.2, -0.15) is 4.31 Å². The summed E-state index contributed by atoms with van der Waals surface area (Å²) in [7, 11) is -3.56. The van der Waals surface area contributed by atoms with Crippen molar-refractivity contribution in [3.8, 4) is 0 Å². The summed E-state index contributed by atoms with van der Waals surface area (Å²) in [5, 5.41) is 10.9. The molecule has 28 heavy (non-hydrogen) atoms. The first-order valence-corrected chi connectivity index (χ1v) is 12.5. The van der Waals surface area contributed by atoms with Gasteiger partial charge in [-0.25, -0.2) is 8.42 Å². The van der Waals surface area contributed by atoms with Crippen LogP contribution < -0.4 is 0 Å². The second-order valence-electron chi connectivity index (χ2n) is 9.77. The average Bonchev–Trinajstić information content (AvgIpc) is 2.66. The van der Waals surface area contributed by atoms with Crippen molar-refractivity contribution in [2.24, 2.45) is 29.6 Å². The molecular formula is C22H30ClNO3S. The molecule has 4 bridgehead atoms. The second kappa shape index (κ2) is 6.69. The van der Waals surface area contributed by atoms with E-state index < -0.39 is 21.0 Å². The Hall–Kier alpha value is -0.620. The fraction of sp³-hybridized carbons (Fsp3) is 0.727. The number of piperidine rings is 1. The molecule has 1 saturated heterocycles. The number of halogens is 1. The van der Waals surface area contributed by atoms with Gasteiger partial charge < -0.3 is 5.11 Å². The largest absolute Gasteiger partial charge is 0.393 e. The molecule has 1 N–H and O–H groups in total. The number of aryl methyl sites for hydroxylation is 1. The number of nitrogens with zero attached hydrogens (tertiary/aromatic N) is 1. The number of hydrogen-bond acceptors (Lipinski definition) is 3. The molecule has 4 saturated carbocycles. The number of benzene rings is 1. The number of sulfonamides is 1. The van der Waals surface area contributed by atoms with Gasteiger partial charge in [0.25, 0.3) is 0 Å². The van der Waals surface area contributed by atoms with Crippen LogP contribution in [-0.2, 0) is 10.0 Å².